The van der Waals surface area contributed by atoms with Gasteiger partial charge in [-0.25, -0.2) is 14.8 Å². The summed E-state index contributed by atoms with van der Waals surface area (Å²) in [5, 5.41) is 15.9. The first kappa shape index (κ1) is 39.3. The van der Waals surface area contributed by atoms with Crippen molar-refractivity contribution in [1.29, 1.82) is 0 Å². The van der Waals surface area contributed by atoms with Crippen molar-refractivity contribution in [3.05, 3.63) is 163 Å². The van der Waals surface area contributed by atoms with E-state index in [1.165, 1.54) is 38.9 Å². The van der Waals surface area contributed by atoms with Crippen LogP contribution in [0.3, 0.4) is 0 Å². The molecule has 0 amide bonds. The van der Waals surface area contributed by atoms with Gasteiger partial charge in [0, 0.05) is 44.0 Å². The van der Waals surface area contributed by atoms with Crippen molar-refractivity contribution >= 4 is 84.7 Å². The topological polar surface area (TPSA) is 94.7 Å². The summed E-state index contributed by atoms with van der Waals surface area (Å²) in [6, 6.07) is 29.9. The minimum atomic E-state index is -0.954. The third kappa shape index (κ3) is 5.89. The first-order valence-electron chi connectivity index (χ1n) is 22.0. The fourth-order valence-electron chi connectivity index (χ4n) is 11.3. The van der Waals surface area contributed by atoms with Gasteiger partial charge in [0.15, 0.2) is 0 Å². The molecule has 6 heteroatoms. The predicted octanol–water partition coefficient (Wildman–Crippen LogP) is 15.0. The Bertz CT molecular complexity index is 3730. The van der Waals surface area contributed by atoms with Crippen LogP contribution in [-0.2, 0) is 0 Å². The molecule has 2 aliphatic heterocycles. The Hall–Kier alpha value is -7.57. The summed E-state index contributed by atoms with van der Waals surface area (Å²) in [5.74, 6) is -0.954. The first-order chi connectivity index (χ1) is 30.7. The molecule has 0 unspecified atom stereocenters. The number of rotatable bonds is 4. The number of carboxylic acids is 1. The monoisotopic (exact) mass is 832 g/mol. The summed E-state index contributed by atoms with van der Waals surface area (Å²) in [4.78, 5) is 32.0. The highest BCUT2D eigenvalue weighted by atomic mass is 16.4. The highest BCUT2D eigenvalue weighted by Gasteiger charge is 2.25. The number of nitrogens with zero attached hydrogens (tertiary/aromatic N) is 2. The van der Waals surface area contributed by atoms with Crippen molar-refractivity contribution < 1.29 is 9.90 Å². The lowest BCUT2D eigenvalue weighted by molar-refractivity contribution is 0.0699. The van der Waals surface area contributed by atoms with Gasteiger partial charge in [0.2, 0.25) is 0 Å². The zero-order valence-electron chi connectivity index (χ0n) is 37.6. The Labute approximate surface area is 372 Å². The molecule has 0 fully saturated rings. The second-order valence-corrected chi connectivity index (χ2v) is 18.2. The number of aromatic nitrogens is 4. The number of hydrogen-bond donors (Lipinski definition) is 3. The van der Waals surface area contributed by atoms with Gasteiger partial charge in [0.25, 0.3) is 0 Å². The quantitative estimate of drug-likeness (QED) is 0.165. The van der Waals surface area contributed by atoms with Crippen LogP contribution in [0.5, 0.6) is 0 Å². The molecular formula is C58H48N4O2. The fraction of sp³-hybridized carbons (Fsp3) is 0.155. The maximum Gasteiger partial charge on any atom is 0.336 e. The average molecular weight is 833 g/mol. The summed E-state index contributed by atoms with van der Waals surface area (Å²) in [7, 11) is 0. The number of fused-ring (bicyclic) bond motifs is 10. The van der Waals surface area contributed by atoms with Crippen molar-refractivity contribution in [2.45, 2.75) is 62.3 Å². The van der Waals surface area contributed by atoms with E-state index in [1.54, 1.807) is 6.07 Å². The van der Waals surface area contributed by atoms with Crippen LogP contribution in [0.1, 0.15) is 83.2 Å². The minimum Gasteiger partial charge on any atom is -0.478 e. The molecule has 0 atom stereocenters. The second-order valence-electron chi connectivity index (χ2n) is 18.2. The van der Waals surface area contributed by atoms with Crippen LogP contribution in [0.4, 0.5) is 0 Å². The molecule has 2 aliphatic rings. The smallest absolute Gasteiger partial charge is 0.336 e. The number of hydrogen-bond acceptors (Lipinski definition) is 3. The van der Waals surface area contributed by atoms with Gasteiger partial charge in [-0.3, -0.25) is 0 Å². The molecule has 6 nitrogen and oxygen atoms in total. The minimum absolute atomic E-state index is 0.273. The van der Waals surface area contributed by atoms with E-state index in [-0.39, 0.29) is 5.56 Å². The van der Waals surface area contributed by atoms with Crippen LogP contribution in [0.25, 0.3) is 112 Å². The molecular weight excluding hydrogens is 785 g/mol. The Morgan fingerprint density at radius 1 is 0.422 bits per heavy atom. The molecule has 64 heavy (non-hydrogen) atoms. The number of aromatic amines is 2. The van der Waals surface area contributed by atoms with Crippen molar-refractivity contribution in [3.63, 3.8) is 0 Å². The number of aromatic carboxylic acids is 1. The van der Waals surface area contributed by atoms with Gasteiger partial charge < -0.3 is 15.1 Å². The van der Waals surface area contributed by atoms with Gasteiger partial charge in [0.1, 0.15) is 0 Å². The largest absolute Gasteiger partial charge is 0.478 e. The molecule has 5 heterocycles. The van der Waals surface area contributed by atoms with Gasteiger partial charge in [-0.1, -0.05) is 77.4 Å². The zero-order chi connectivity index (χ0) is 44.5. The highest BCUT2D eigenvalue weighted by molar-refractivity contribution is 6.32. The number of carbonyl (C=O) groups is 1. The lowest BCUT2D eigenvalue weighted by Crippen LogP contribution is -1.98. The van der Waals surface area contributed by atoms with Gasteiger partial charge in [0.05, 0.1) is 33.9 Å². The molecule has 0 saturated heterocycles. The number of benzene rings is 6. The van der Waals surface area contributed by atoms with Crippen LogP contribution >= 0.6 is 0 Å². The van der Waals surface area contributed by atoms with Crippen molar-refractivity contribution in [3.8, 4) is 33.4 Å². The molecule has 0 spiro atoms. The standard InChI is InChI=1S/C58H48N4O2/c1-28-21-31(4)49(32(5)22-28)54-43-16-15-42(59-43)53-40-14-13-39(58(63)64)37-11-10-12-38(52(37)40)41-27-48(62-57(41)53)56(51-35(8)25-30(3)26-36(51)9)47-20-19-46(61-47)55(45-18-17-44(54)60-45)50-33(6)23-29(2)24-34(50)7/h10-27,60,62H,1-9H3,(H,63,64). The maximum absolute atomic E-state index is 12.8. The molecule has 0 aliphatic carbocycles. The van der Waals surface area contributed by atoms with E-state index in [1.807, 2.05) is 18.2 Å². The lowest BCUT2D eigenvalue weighted by Gasteiger charge is -2.14. The number of nitrogens with one attached hydrogen (secondary N) is 2. The van der Waals surface area contributed by atoms with Crippen molar-refractivity contribution in [2.75, 3.05) is 0 Å². The van der Waals surface area contributed by atoms with Crippen LogP contribution in [0.2, 0.25) is 0 Å². The van der Waals surface area contributed by atoms with E-state index >= 15 is 0 Å². The Morgan fingerprint density at radius 3 is 1.34 bits per heavy atom. The zero-order valence-corrected chi connectivity index (χ0v) is 37.6. The Kier molecular flexibility index (Phi) is 8.73. The van der Waals surface area contributed by atoms with E-state index in [2.05, 4.69) is 157 Å². The van der Waals surface area contributed by atoms with Crippen LogP contribution < -0.4 is 0 Å². The summed E-state index contributed by atoms with van der Waals surface area (Å²) in [5.41, 5.74) is 24.6. The Morgan fingerprint density at radius 2 is 0.859 bits per heavy atom. The van der Waals surface area contributed by atoms with Crippen LogP contribution in [0.15, 0.2) is 84.9 Å². The predicted molar refractivity (Wildman–Crippen MR) is 268 cm³/mol. The van der Waals surface area contributed by atoms with Gasteiger partial charge in [-0.15, -0.1) is 0 Å². The van der Waals surface area contributed by atoms with Gasteiger partial charge in [-0.2, -0.15) is 0 Å². The summed E-state index contributed by atoms with van der Waals surface area (Å²) in [6.45, 7) is 19.6. The van der Waals surface area contributed by atoms with E-state index in [0.29, 0.717) is 5.39 Å². The fourth-order valence-corrected chi connectivity index (χ4v) is 11.3. The van der Waals surface area contributed by atoms with Crippen LogP contribution in [-0.4, -0.2) is 31.0 Å². The molecule has 11 rings (SSSR count). The molecule has 312 valence electrons. The lowest BCUT2D eigenvalue weighted by atomic mass is 9.91. The first-order valence-corrected chi connectivity index (χ1v) is 22.0. The van der Waals surface area contributed by atoms with Gasteiger partial charge in [-0.05, 0) is 182 Å². The van der Waals surface area contributed by atoms with Crippen LogP contribution in [0, 0.1) is 62.3 Å². The van der Waals surface area contributed by atoms with E-state index in [9.17, 15) is 9.90 Å². The highest BCUT2D eigenvalue weighted by Crippen LogP contribution is 2.45. The van der Waals surface area contributed by atoms with Crippen molar-refractivity contribution in [1.82, 2.24) is 19.9 Å². The molecule has 3 N–H and O–H groups in total. The molecule has 9 aromatic rings. The third-order valence-corrected chi connectivity index (χ3v) is 13.5. The summed E-state index contributed by atoms with van der Waals surface area (Å²) < 4.78 is 0. The molecule has 3 aromatic heterocycles. The average Bonchev–Trinajstić information content (AvgIpc) is 4.07. The summed E-state index contributed by atoms with van der Waals surface area (Å²) >= 11 is 0. The SMILES string of the molecule is Cc1cc(C)c(-c2c3nc(c(-c4c(C)cc(C)cc4C)c4cc5c6cccc7c(C(=O)O)ccc(c(c8nc(c(-c9c(C)cc(C)cc9C)c9ccc2[nH]9)C=C8)c5[nH]4)c76)C=C3)c(C)c1. The number of aryl methyl sites for hydroxylation is 9. The Balaban J connectivity index is 1.43. The van der Waals surface area contributed by atoms with E-state index < -0.39 is 5.97 Å². The van der Waals surface area contributed by atoms with E-state index in [0.717, 1.165) is 116 Å². The maximum atomic E-state index is 12.8. The number of carboxylic acid groups (broad SMARTS) is 1. The number of H-pyrrole nitrogens is 2. The molecule has 6 aromatic carbocycles. The third-order valence-electron chi connectivity index (χ3n) is 13.5. The molecule has 8 bridgehead atoms. The second kappa shape index (κ2) is 14.2. The molecule has 0 saturated carbocycles. The molecule has 0 radical (unpaired) electrons. The summed E-state index contributed by atoms with van der Waals surface area (Å²) in [6.07, 6.45) is 8.61. The van der Waals surface area contributed by atoms with Gasteiger partial charge >= 0.3 is 5.97 Å². The van der Waals surface area contributed by atoms with Crippen molar-refractivity contribution in [2.24, 2.45) is 0 Å². The normalized spacial score (nSPS) is 12.5. The van der Waals surface area contributed by atoms with E-state index in [4.69, 9.17) is 9.97 Å².